The molecule has 0 bridgehead atoms. The molecule has 1 amide bonds. The molecule has 10 nitrogen and oxygen atoms in total. The second kappa shape index (κ2) is 10.7. The number of nitrogens with two attached hydrogens (primary N) is 2. The molecule has 0 saturated carbocycles. The van der Waals surface area contributed by atoms with Crippen LogP contribution in [-0.4, -0.2) is 49.2 Å². The number of nitrogen functional groups attached to an aromatic ring is 1. The first-order valence-corrected chi connectivity index (χ1v) is 12.9. The van der Waals surface area contributed by atoms with Crippen molar-refractivity contribution in [3.8, 4) is 28.8 Å². The van der Waals surface area contributed by atoms with Crippen LogP contribution in [0.2, 0.25) is 0 Å². The summed E-state index contributed by atoms with van der Waals surface area (Å²) < 4.78 is 22.9. The zero-order chi connectivity index (χ0) is 28.4. The highest BCUT2D eigenvalue weighted by Crippen LogP contribution is 2.36. The van der Waals surface area contributed by atoms with Crippen molar-refractivity contribution in [1.82, 2.24) is 24.6 Å². The first kappa shape index (κ1) is 26.8. The third kappa shape index (κ3) is 5.48. The Hall–Kier alpha value is -4.82. The quantitative estimate of drug-likeness (QED) is 0.271. The normalized spacial score (nSPS) is 16.1. The molecule has 1 aliphatic rings. The maximum atomic E-state index is 15.5. The largest absolute Gasteiger partial charge is 0.457 e. The van der Waals surface area contributed by atoms with Crippen LogP contribution in [-0.2, 0) is 4.79 Å². The van der Waals surface area contributed by atoms with E-state index >= 15 is 4.39 Å². The topological polar surface area (TPSA) is 149 Å². The Balaban J connectivity index is 1.49. The van der Waals surface area contributed by atoms with Crippen molar-refractivity contribution in [2.45, 2.75) is 38.3 Å². The number of amides is 1. The average molecular weight is 541 g/mol. The molecule has 4 aromatic rings. The maximum absolute atomic E-state index is 15.5. The molecular weight excluding hydrogens is 511 g/mol. The second-order valence-corrected chi connectivity index (χ2v) is 10.3. The summed E-state index contributed by atoms with van der Waals surface area (Å²) in [5.74, 6) is 0.152. The Bertz CT molecular complexity index is 1640. The van der Waals surface area contributed by atoms with Gasteiger partial charge in [-0.2, -0.15) is 10.4 Å². The molecule has 204 valence electrons. The SMILES string of the molecule is CC(C)(N)C=C(C#N)C(=O)N1CCC[C@@H](n2nc(-c3ccc(Oc4ccccc4)cc3F)c3c(N)ncnc32)C1. The molecule has 0 aliphatic carbocycles. The van der Waals surface area contributed by atoms with E-state index in [-0.39, 0.29) is 29.5 Å². The molecule has 0 radical (unpaired) electrons. The van der Waals surface area contributed by atoms with Gasteiger partial charge in [0.05, 0.1) is 11.4 Å². The van der Waals surface area contributed by atoms with Gasteiger partial charge in [0, 0.05) is 30.3 Å². The summed E-state index contributed by atoms with van der Waals surface area (Å²) in [5.41, 5.74) is 12.4. The van der Waals surface area contributed by atoms with E-state index < -0.39 is 17.3 Å². The molecule has 3 heterocycles. The highest BCUT2D eigenvalue weighted by atomic mass is 19.1. The predicted octanol–water partition coefficient (Wildman–Crippen LogP) is 4.36. The number of carbonyl (C=O) groups excluding carboxylic acids is 1. The summed E-state index contributed by atoms with van der Waals surface area (Å²) in [7, 11) is 0. The minimum Gasteiger partial charge on any atom is -0.457 e. The number of aromatic nitrogens is 4. The van der Waals surface area contributed by atoms with Crippen molar-refractivity contribution in [1.29, 1.82) is 5.26 Å². The van der Waals surface area contributed by atoms with Crippen LogP contribution < -0.4 is 16.2 Å². The Kier molecular flexibility index (Phi) is 7.19. The van der Waals surface area contributed by atoms with Gasteiger partial charge in [-0.3, -0.25) is 4.79 Å². The lowest BCUT2D eigenvalue weighted by Crippen LogP contribution is -2.42. The van der Waals surface area contributed by atoms with Crippen LogP contribution >= 0.6 is 0 Å². The first-order valence-electron chi connectivity index (χ1n) is 12.9. The standard InChI is InChI=1S/C29H29FN8O2/c1-29(2,33)14-18(15-31)28(39)37-12-6-7-19(16-37)38-27-24(26(32)34-17-35-27)25(36-38)22-11-10-21(13-23(22)30)40-20-8-4-3-5-9-20/h3-5,8-11,13-14,17,19H,6-7,12,16,33H2,1-2H3,(H2,32,34,35)/t19-/m1/s1. The highest BCUT2D eigenvalue weighted by molar-refractivity contribution is 5.99. The van der Waals surface area contributed by atoms with Gasteiger partial charge in [0.25, 0.3) is 5.91 Å². The summed E-state index contributed by atoms with van der Waals surface area (Å²) in [6.45, 7) is 4.21. The summed E-state index contributed by atoms with van der Waals surface area (Å²) in [6, 6.07) is 15.3. The van der Waals surface area contributed by atoms with Gasteiger partial charge in [-0.1, -0.05) is 18.2 Å². The lowest BCUT2D eigenvalue weighted by Gasteiger charge is -2.33. The summed E-state index contributed by atoms with van der Waals surface area (Å²) >= 11 is 0. The Morgan fingerprint density at radius 2 is 1.98 bits per heavy atom. The fourth-order valence-electron chi connectivity index (χ4n) is 4.84. The van der Waals surface area contributed by atoms with Gasteiger partial charge in [0.15, 0.2) is 5.65 Å². The number of nitriles is 1. The number of anilines is 1. The zero-order valence-electron chi connectivity index (χ0n) is 22.2. The molecule has 4 N–H and O–H groups in total. The van der Waals surface area contributed by atoms with E-state index in [1.54, 1.807) is 47.7 Å². The number of likely N-dealkylation sites (tertiary alicyclic amines) is 1. The predicted molar refractivity (Wildman–Crippen MR) is 148 cm³/mol. The number of ether oxygens (including phenoxy) is 1. The van der Waals surface area contributed by atoms with Gasteiger partial charge in [-0.15, -0.1) is 0 Å². The Labute approximate surface area is 230 Å². The third-order valence-electron chi connectivity index (χ3n) is 6.59. The van der Waals surface area contributed by atoms with Crippen LogP contribution in [0, 0.1) is 17.1 Å². The number of benzene rings is 2. The van der Waals surface area contributed by atoms with Crippen LogP contribution in [0.4, 0.5) is 10.2 Å². The molecular formula is C29H29FN8O2. The van der Waals surface area contributed by atoms with E-state index in [0.29, 0.717) is 47.6 Å². The van der Waals surface area contributed by atoms with Crippen molar-refractivity contribution < 1.29 is 13.9 Å². The second-order valence-electron chi connectivity index (χ2n) is 10.3. The van der Waals surface area contributed by atoms with E-state index in [2.05, 4.69) is 9.97 Å². The minimum atomic E-state index is -0.816. The molecule has 1 saturated heterocycles. The molecule has 11 heteroatoms. The highest BCUT2D eigenvalue weighted by Gasteiger charge is 2.31. The number of fused-ring (bicyclic) bond motifs is 1. The summed E-state index contributed by atoms with van der Waals surface area (Å²) in [5, 5.41) is 14.8. The number of para-hydroxylation sites is 1. The Morgan fingerprint density at radius 1 is 1.20 bits per heavy atom. The van der Waals surface area contributed by atoms with Crippen LogP contribution in [0.3, 0.4) is 0 Å². The molecule has 1 atom stereocenters. The number of carbonyl (C=O) groups is 1. The number of piperidine rings is 1. The van der Waals surface area contributed by atoms with E-state index in [4.69, 9.17) is 21.3 Å². The van der Waals surface area contributed by atoms with E-state index in [1.165, 1.54) is 18.5 Å². The third-order valence-corrected chi connectivity index (χ3v) is 6.59. The van der Waals surface area contributed by atoms with Gasteiger partial charge in [0.2, 0.25) is 0 Å². The number of halogens is 1. The van der Waals surface area contributed by atoms with E-state index in [0.717, 1.165) is 0 Å². The molecule has 1 fully saturated rings. The number of hydrogen-bond acceptors (Lipinski definition) is 8. The van der Waals surface area contributed by atoms with Crippen molar-refractivity contribution >= 4 is 22.8 Å². The first-order chi connectivity index (χ1) is 19.1. The summed E-state index contributed by atoms with van der Waals surface area (Å²) in [4.78, 5) is 23.3. The smallest absolute Gasteiger partial charge is 0.264 e. The zero-order valence-corrected chi connectivity index (χ0v) is 22.2. The van der Waals surface area contributed by atoms with Crippen molar-refractivity contribution in [3.05, 3.63) is 72.3 Å². The maximum Gasteiger partial charge on any atom is 0.264 e. The number of rotatable bonds is 6. The fraction of sp³-hybridized carbons (Fsp3) is 0.276. The lowest BCUT2D eigenvalue weighted by atomic mass is 10.0. The van der Waals surface area contributed by atoms with Crippen LogP contribution in [0.25, 0.3) is 22.3 Å². The molecule has 40 heavy (non-hydrogen) atoms. The molecule has 1 aliphatic heterocycles. The van der Waals surface area contributed by atoms with Gasteiger partial charge in [-0.05, 0) is 57.0 Å². The van der Waals surface area contributed by atoms with Crippen LogP contribution in [0.5, 0.6) is 11.5 Å². The van der Waals surface area contributed by atoms with Crippen molar-refractivity contribution in [2.24, 2.45) is 5.73 Å². The van der Waals surface area contributed by atoms with Gasteiger partial charge < -0.3 is 21.1 Å². The Morgan fingerprint density at radius 3 is 2.67 bits per heavy atom. The van der Waals surface area contributed by atoms with Crippen LogP contribution in [0.15, 0.2) is 66.5 Å². The van der Waals surface area contributed by atoms with Gasteiger partial charge in [-0.25, -0.2) is 19.0 Å². The molecule has 2 aromatic carbocycles. The van der Waals surface area contributed by atoms with Crippen molar-refractivity contribution in [2.75, 3.05) is 18.8 Å². The monoisotopic (exact) mass is 540 g/mol. The lowest BCUT2D eigenvalue weighted by molar-refractivity contribution is -0.128. The van der Waals surface area contributed by atoms with Crippen molar-refractivity contribution in [3.63, 3.8) is 0 Å². The molecule has 0 spiro atoms. The van der Waals surface area contributed by atoms with Crippen LogP contribution in [0.1, 0.15) is 32.7 Å². The number of nitrogens with zero attached hydrogens (tertiary/aromatic N) is 6. The molecule has 2 aromatic heterocycles. The van der Waals surface area contributed by atoms with E-state index in [1.807, 2.05) is 24.3 Å². The molecule has 5 rings (SSSR count). The molecule has 0 unspecified atom stereocenters. The van der Waals surface area contributed by atoms with Gasteiger partial charge in [0.1, 0.15) is 46.8 Å². The fourth-order valence-corrected chi connectivity index (χ4v) is 4.84. The van der Waals surface area contributed by atoms with E-state index in [9.17, 15) is 10.1 Å². The average Bonchev–Trinajstić information content (AvgIpc) is 3.32. The van der Waals surface area contributed by atoms with Gasteiger partial charge >= 0.3 is 0 Å². The minimum absolute atomic E-state index is 0.00869. The number of hydrogen-bond donors (Lipinski definition) is 2. The summed E-state index contributed by atoms with van der Waals surface area (Å²) in [6.07, 6.45) is 4.18.